The van der Waals surface area contributed by atoms with E-state index in [1.165, 1.54) is 0 Å². The van der Waals surface area contributed by atoms with Crippen LogP contribution in [0.15, 0.2) is 12.1 Å². The minimum atomic E-state index is -5.16. The van der Waals surface area contributed by atoms with Crippen LogP contribution in [0.1, 0.15) is 17.5 Å². The van der Waals surface area contributed by atoms with E-state index in [0.717, 1.165) is 7.11 Å². The molecule has 0 radical (unpaired) electrons. The van der Waals surface area contributed by atoms with Crippen molar-refractivity contribution in [1.29, 1.82) is 0 Å². The standard InChI is InChI=1S/C13H14F4N2O5S/c1-24-11(21)4-5-25(22,23)19-9-3-2-8(14)7(6-10(18)20)12(9)13(15,16)17/h2-3,19H,4-6H2,1H3,(H2,18,20). The molecule has 0 bridgehead atoms. The zero-order chi connectivity index (χ0) is 19.4. The molecule has 0 aliphatic rings. The van der Waals surface area contributed by atoms with Crippen LogP contribution in [-0.2, 0) is 36.9 Å². The van der Waals surface area contributed by atoms with Gasteiger partial charge in [-0.15, -0.1) is 0 Å². The second-order valence-corrected chi connectivity index (χ2v) is 6.68. The largest absolute Gasteiger partial charge is 0.469 e. The van der Waals surface area contributed by atoms with Crippen LogP contribution >= 0.6 is 0 Å². The number of nitrogens with one attached hydrogen (secondary N) is 1. The van der Waals surface area contributed by atoms with Gasteiger partial charge in [-0.1, -0.05) is 0 Å². The van der Waals surface area contributed by atoms with Crippen LogP contribution in [0.3, 0.4) is 0 Å². The molecule has 0 saturated carbocycles. The Morgan fingerprint density at radius 3 is 2.36 bits per heavy atom. The Morgan fingerprint density at radius 1 is 1.28 bits per heavy atom. The van der Waals surface area contributed by atoms with Crippen molar-refractivity contribution >= 4 is 27.6 Å². The third kappa shape index (κ3) is 5.89. The quantitative estimate of drug-likeness (QED) is 0.539. The monoisotopic (exact) mass is 386 g/mol. The van der Waals surface area contributed by atoms with Gasteiger partial charge < -0.3 is 10.5 Å². The van der Waals surface area contributed by atoms with Crippen molar-refractivity contribution in [2.24, 2.45) is 5.73 Å². The molecule has 1 amide bonds. The number of nitrogens with two attached hydrogens (primary N) is 1. The molecule has 0 fully saturated rings. The molecular formula is C13H14F4N2O5S. The molecule has 1 aromatic rings. The predicted octanol–water partition coefficient (Wildman–Crippen LogP) is 1.18. The number of primary amides is 1. The van der Waals surface area contributed by atoms with Gasteiger partial charge in [0, 0.05) is 5.56 Å². The highest BCUT2D eigenvalue weighted by atomic mass is 32.2. The van der Waals surface area contributed by atoms with E-state index in [2.05, 4.69) is 4.74 Å². The lowest BCUT2D eigenvalue weighted by molar-refractivity contribution is -0.140. The number of carbonyl (C=O) groups excluding carboxylic acids is 2. The van der Waals surface area contributed by atoms with Gasteiger partial charge in [-0.2, -0.15) is 13.2 Å². The lowest BCUT2D eigenvalue weighted by Gasteiger charge is -2.18. The number of anilines is 1. The van der Waals surface area contributed by atoms with Crippen molar-refractivity contribution in [2.75, 3.05) is 17.6 Å². The van der Waals surface area contributed by atoms with E-state index in [1.54, 1.807) is 4.72 Å². The number of esters is 1. The molecule has 1 rings (SSSR count). The van der Waals surface area contributed by atoms with E-state index >= 15 is 0 Å². The maximum atomic E-state index is 13.7. The Balaban J connectivity index is 3.31. The van der Waals surface area contributed by atoms with Gasteiger partial charge in [0.15, 0.2) is 0 Å². The summed E-state index contributed by atoms with van der Waals surface area (Å²) in [6, 6.07) is 1.14. The van der Waals surface area contributed by atoms with Crippen LogP contribution in [0.4, 0.5) is 23.2 Å². The van der Waals surface area contributed by atoms with E-state index in [-0.39, 0.29) is 0 Å². The second kappa shape index (κ2) is 7.68. The van der Waals surface area contributed by atoms with Crippen LogP contribution in [0.2, 0.25) is 0 Å². The molecule has 0 aliphatic heterocycles. The smallest absolute Gasteiger partial charge is 0.418 e. The summed E-state index contributed by atoms with van der Waals surface area (Å²) < 4.78 is 83.0. The molecule has 0 unspecified atom stereocenters. The Kier molecular flexibility index (Phi) is 6.35. The molecule has 0 saturated heterocycles. The summed E-state index contributed by atoms with van der Waals surface area (Å²) in [6.07, 6.45) is -6.83. The number of methoxy groups -OCH3 is 1. The molecule has 0 aromatic heterocycles. The fourth-order valence-corrected chi connectivity index (χ4v) is 2.96. The van der Waals surface area contributed by atoms with Crippen LogP contribution in [0, 0.1) is 5.82 Å². The first kappa shape index (κ1) is 20.7. The Bertz CT molecular complexity index is 777. The SMILES string of the molecule is COC(=O)CCS(=O)(=O)Nc1ccc(F)c(CC(N)=O)c1C(F)(F)F. The van der Waals surface area contributed by atoms with Crippen molar-refractivity contribution in [1.82, 2.24) is 0 Å². The number of benzene rings is 1. The third-order valence-corrected chi connectivity index (χ3v) is 4.23. The zero-order valence-corrected chi connectivity index (χ0v) is 13.6. The first-order valence-electron chi connectivity index (χ1n) is 6.61. The number of sulfonamides is 1. The normalized spacial score (nSPS) is 11.9. The van der Waals surface area contributed by atoms with Gasteiger partial charge in [0.05, 0.1) is 37.0 Å². The fraction of sp³-hybridized carbons (Fsp3) is 0.385. The van der Waals surface area contributed by atoms with Gasteiger partial charge in [-0.3, -0.25) is 14.3 Å². The number of rotatable bonds is 7. The molecule has 0 atom stereocenters. The molecule has 25 heavy (non-hydrogen) atoms. The number of alkyl halides is 3. The summed E-state index contributed by atoms with van der Waals surface area (Å²) in [7, 11) is -3.36. The van der Waals surface area contributed by atoms with E-state index in [1.807, 2.05) is 0 Å². The highest BCUT2D eigenvalue weighted by Crippen LogP contribution is 2.39. The van der Waals surface area contributed by atoms with Gasteiger partial charge >= 0.3 is 12.1 Å². The Morgan fingerprint density at radius 2 is 1.88 bits per heavy atom. The summed E-state index contributed by atoms with van der Waals surface area (Å²) in [5, 5.41) is 0. The predicted molar refractivity (Wildman–Crippen MR) is 78.3 cm³/mol. The number of hydrogen-bond donors (Lipinski definition) is 2. The van der Waals surface area contributed by atoms with Crippen molar-refractivity contribution in [3.63, 3.8) is 0 Å². The third-order valence-electron chi connectivity index (χ3n) is 2.96. The molecular weight excluding hydrogens is 372 g/mol. The van der Waals surface area contributed by atoms with E-state index in [0.29, 0.717) is 12.1 Å². The lowest BCUT2D eigenvalue weighted by Crippen LogP contribution is -2.24. The van der Waals surface area contributed by atoms with Gasteiger partial charge in [-0.05, 0) is 12.1 Å². The van der Waals surface area contributed by atoms with Crippen LogP contribution in [0.25, 0.3) is 0 Å². The topological polar surface area (TPSA) is 116 Å². The number of carbonyl (C=O) groups is 2. The average Bonchev–Trinajstić information content (AvgIpc) is 2.46. The summed E-state index contributed by atoms with van der Waals surface area (Å²) in [5.74, 6) is -4.31. The molecule has 7 nitrogen and oxygen atoms in total. The second-order valence-electron chi connectivity index (χ2n) is 4.84. The summed E-state index contributed by atoms with van der Waals surface area (Å²) in [5.41, 5.74) is 1.10. The fourth-order valence-electron chi connectivity index (χ4n) is 1.92. The van der Waals surface area contributed by atoms with Crippen LogP contribution in [-0.4, -0.2) is 33.2 Å². The molecule has 0 spiro atoms. The van der Waals surface area contributed by atoms with Gasteiger partial charge in [0.1, 0.15) is 5.82 Å². The van der Waals surface area contributed by atoms with E-state index in [9.17, 15) is 35.6 Å². The summed E-state index contributed by atoms with van der Waals surface area (Å²) in [6.45, 7) is 0. The van der Waals surface area contributed by atoms with Gasteiger partial charge in [-0.25, -0.2) is 12.8 Å². The summed E-state index contributed by atoms with van der Waals surface area (Å²) >= 11 is 0. The first-order valence-corrected chi connectivity index (χ1v) is 8.26. The molecule has 1 aromatic carbocycles. The van der Waals surface area contributed by atoms with Crippen molar-refractivity contribution < 1.29 is 40.3 Å². The minimum Gasteiger partial charge on any atom is -0.469 e. The number of halogens is 4. The minimum absolute atomic E-state index is 0.568. The summed E-state index contributed by atoms with van der Waals surface area (Å²) in [4.78, 5) is 21.9. The lowest BCUT2D eigenvalue weighted by atomic mass is 10.0. The molecule has 12 heteroatoms. The highest BCUT2D eigenvalue weighted by molar-refractivity contribution is 7.92. The van der Waals surface area contributed by atoms with Crippen molar-refractivity contribution in [2.45, 2.75) is 19.0 Å². The number of ether oxygens (including phenoxy) is 1. The molecule has 0 heterocycles. The van der Waals surface area contributed by atoms with Crippen LogP contribution < -0.4 is 10.5 Å². The average molecular weight is 386 g/mol. The molecule has 140 valence electrons. The van der Waals surface area contributed by atoms with Crippen molar-refractivity contribution in [3.8, 4) is 0 Å². The Hall–Kier alpha value is -2.37. The van der Waals surface area contributed by atoms with E-state index in [4.69, 9.17) is 5.73 Å². The zero-order valence-electron chi connectivity index (χ0n) is 12.8. The van der Waals surface area contributed by atoms with E-state index < -0.39 is 69.3 Å². The maximum absolute atomic E-state index is 13.7. The van der Waals surface area contributed by atoms with Gasteiger partial charge in [0.2, 0.25) is 15.9 Å². The highest BCUT2D eigenvalue weighted by Gasteiger charge is 2.39. The van der Waals surface area contributed by atoms with Gasteiger partial charge in [0.25, 0.3) is 0 Å². The maximum Gasteiger partial charge on any atom is 0.418 e. The molecule has 3 N–H and O–H groups in total. The number of amides is 1. The Labute approximate surface area is 140 Å². The number of hydrogen-bond acceptors (Lipinski definition) is 5. The van der Waals surface area contributed by atoms with Crippen molar-refractivity contribution in [3.05, 3.63) is 29.1 Å². The first-order chi connectivity index (χ1) is 11.4. The molecule has 0 aliphatic carbocycles. The van der Waals surface area contributed by atoms with Crippen LogP contribution in [0.5, 0.6) is 0 Å².